The number of imide groups is 1. The van der Waals surface area contributed by atoms with E-state index in [9.17, 15) is 9.59 Å². The van der Waals surface area contributed by atoms with Gasteiger partial charge in [0.2, 0.25) is 5.91 Å². The van der Waals surface area contributed by atoms with Crippen molar-refractivity contribution in [1.82, 2.24) is 15.5 Å². The number of ether oxygens (including phenoxy) is 2. The number of amides is 3. The zero-order chi connectivity index (χ0) is 21.0. The van der Waals surface area contributed by atoms with Gasteiger partial charge in [0.15, 0.2) is 11.5 Å². The van der Waals surface area contributed by atoms with Gasteiger partial charge < -0.3 is 14.8 Å². The minimum Gasteiger partial charge on any atom is -0.493 e. The third-order valence-corrected chi connectivity index (χ3v) is 5.73. The molecule has 2 heterocycles. The van der Waals surface area contributed by atoms with Gasteiger partial charge in [-0.3, -0.25) is 15.0 Å². The van der Waals surface area contributed by atoms with Crippen molar-refractivity contribution in [2.24, 2.45) is 0 Å². The first-order chi connectivity index (χ1) is 13.9. The van der Waals surface area contributed by atoms with Crippen LogP contribution >= 0.6 is 11.3 Å². The molecular weight excluding hydrogens is 390 g/mol. The summed E-state index contributed by atoms with van der Waals surface area (Å²) in [5.74, 6) is 1.04. The Morgan fingerprint density at radius 1 is 1.24 bits per heavy atom. The van der Waals surface area contributed by atoms with Gasteiger partial charge in [-0.25, -0.2) is 4.79 Å². The Labute approximate surface area is 175 Å². The van der Waals surface area contributed by atoms with E-state index in [2.05, 4.69) is 21.6 Å². The van der Waals surface area contributed by atoms with Crippen LogP contribution in [0.3, 0.4) is 0 Å². The van der Waals surface area contributed by atoms with Crippen molar-refractivity contribution in [2.75, 3.05) is 27.3 Å². The van der Waals surface area contributed by atoms with Gasteiger partial charge in [0.25, 0.3) is 0 Å². The molecule has 1 aliphatic rings. The molecule has 0 spiro atoms. The number of thiophene rings is 1. The van der Waals surface area contributed by atoms with Crippen LogP contribution in [-0.2, 0) is 11.2 Å². The van der Waals surface area contributed by atoms with Crippen molar-refractivity contribution >= 4 is 23.3 Å². The molecular formula is C21H27N3O4S. The Morgan fingerprint density at radius 3 is 2.59 bits per heavy atom. The van der Waals surface area contributed by atoms with Crippen molar-refractivity contribution in [3.8, 4) is 11.5 Å². The second-order valence-corrected chi connectivity index (χ2v) is 8.20. The number of rotatable bonds is 6. The quantitative estimate of drug-likeness (QED) is 0.755. The molecule has 0 unspecified atom stereocenters. The number of hydrogen-bond donors (Lipinski definition) is 2. The monoisotopic (exact) mass is 417 g/mol. The average Bonchev–Trinajstić information content (AvgIpc) is 3.20. The van der Waals surface area contributed by atoms with Gasteiger partial charge in [0, 0.05) is 17.5 Å². The molecule has 0 saturated heterocycles. The summed E-state index contributed by atoms with van der Waals surface area (Å²) in [5, 5.41) is 7.12. The normalized spacial score (nSPS) is 16.2. The Kier molecular flexibility index (Phi) is 6.76. The van der Waals surface area contributed by atoms with Crippen LogP contribution in [0.2, 0.25) is 0 Å². The molecule has 0 aliphatic carbocycles. The van der Waals surface area contributed by atoms with Crippen LogP contribution in [0.4, 0.5) is 4.79 Å². The van der Waals surface area contributed by atoms with E-state index in [1.54, 1.807) is 25.6 Å². The van der Waals surface area contributed by atoms with Crippen molar-refractivity contribution in [2.45, 2.75) is 32.4 Å². The van der Waals surface area contributed by atoms with Crippen LogP contribution in [0.5, 0.6) is 11.5 Å². The SMILES string of the molecule is COc1cc2c(cc1OC)[C@@H](c1cccs1)N(CC(=O)NC(=O)NC(C)C)CC2. The zero-order valence-electron chi connectivity index (χ0n) is 17.2. The summed E-state index contributed by atoms with van der Waals surface area (Å²) in [6, 6.07) is 7.49. The first-order valence-electron chi connectivity index (χ1n) is 9.55. The number of benzene rings is 1. The maximum Gasteiger partial charge on any atom is 0.321 e. The third kappa shape index (κ3) is 4.89. The number of fused-ring (bicyclic) bond motifs is 1. The number of nitrogens with one attached hydrogen (secondary N) is 2. The van der Waals surface area contributed by atoms with Gasteiger partial charge in [-0.2, -0.15) is 0 Å². The minimum absolute atomic E-state index is 0.0361. The van der Waals surface area contributed by atoms with E-state index in [-0.39, 0.29) is 24.5 Å². The molecule has 0 fully saturated rings. The predicted octanol–water partition coefficient (Wildman–Crippen LogP) is 2.95. The van der Waals surface area contributed by atoms with E-state index in [0.29, 0.717) is 18.0 Å². The van der Waals surface area contributed by atoms with E-state index in [1.165, 1.54) is 5.56 Å². The standard InChI is InChI=1S/C21H27N3O4S/c1-13(2)22-21(26)23-19(25)12-24-8-7-14-10-16(27-3)17(28-4)11-15(14)20(24)18-6-5-9-29-18/h5-6,9-11,13,20H,7-8,12H2,1-4H3,(H2,22,23,25,26)/t20-/m0/s1. The molecule has 0 saturated carbocycles. The summed E-state index contributed by atoms with van der Waals surface area (Å²) in [6.45, 7) is 4.52. The van der Waals surface area contributed by atoms with Gasteiger partial charge in [0.1, 0.15) is 0 Å². The first kappa shape index (κ1) is 21.1. The molecule has 156 valence electrons. The van der Waals surface area contributed by atoms with Crippen LogP contribution < -0.4 is 20.1 Å². The highest BCUT2D eigenvalue weighted by Gasteiger charge is 2.32. The first-order valence-corrected chi connectivity index (χ1v) is 10.4. The molecule has 1 aromatic carbocycles. The lowest BCUT2D eigenvalue weighted by atomic mass is 9.91. The number of hydrogen-bond acceptors (Lipinski definition) is 6. The van der Waals surface area contributed by atoms with E-state index in [1.807, 2.05) is 37.4 Å². The topological polar surface area (TPSA) is 79.9 Å². The van der Waals surface area contributed by atoms with Crippen molar-refractivity contribution in [3.63, 3.8) is 0 Å². The van der Waals surface area contributed by atoms with Gasteiger partial charge in [-0.05, 0) is 55.0 Å². The van der Waals surface area contributed by atoms with E-state index >= 15 is 0 Å². The highest BCUT2D eigenvalue weighted by Crippen LogP contribution is 2.41. The number of nitrogens with zero attached hydrogens (tertiary/aromatic N) is 1. The molecule has 8 heteroatoms. The molecule has 2 N–H and O–H groups in total. The maximum atomic E-state index is 12.5. The van der Waals surface area contributed by atoms with Gasteiger partial charge >= 0.3 is 6.03 Å². The Bertz CT molecular complexity index is 867. The van der Waals surface area contributed by atoms with Gasteiger partial charge in [-0.15, -0.1) is 11.3 Å². The highest BCUT2D eigenvalue weighted by molar-refractivity contribution is 7.10. The van der Waals surface area contributed by atoms with Gasteiger partial charge in [-0.1, -0.05) is 6.07 Å². The minimum atomic E-state index is -0.471. The van der Waals surface area contributed by atoms with E-state index in [4.69, 9.17) is 9.47 Å². The molecule has 0 radical (unpaired) electrons. The third-order valence-electron chi connectivity index (χ3n) is 4.81. The lowest BCUT2D eigenvalue weighted by Gasteiger charge is -2.36. The van der Waals surface area contributed by atoms with Crippen molar-refractivity contribution in [3.05, 3.63) is 45.6 Å². The molecule has 1 aromatic heterocycles. The fraction of sp³-hybridized carbons (Fsp3) is 0.429. The second-order valence-electron chi connectivity index (χ2n) is 7.22. The Balaban J connectivity index is 1.87. The summed E-state index contributed by atoms with van der Waals surface area (Å²) >= 11 is 1.64. The summed E-state index contributed by atoms with van der Waals surface area (Å²) in [5.41, 5.74) is 2.27. The van der Waals surface area contributed by atoms with E-state index in [0.717, 1.165) is 16.9 Å². The van der Waals surface area contributed by atoms with Gasteiger partial charge in [0.05, 0.1) is 26.8 Å². The van der Waals surface area contributed by atoms with E-state index < -0.39 is 6.03 Å². The summed E-state index contributed by atoms with van der Waals surface area (Å²) in [4.78, 5) is 27.6. The number of urea groups is 1. The lowest BCUT2D eigenvalue weighted by Crippen LogP contribution is -2.48. The number of carbonyl (C=O) groups is 2. The van der Waals surface area contributed by atoms with Crippen LogP contribution in [0.15, 0.2) is 29.6 Å². The summed E-state index contributed by atoms with van der Waals surface area (Å²) in [7, 11) is 3.24. The summed E-state index contributed by atoms with van der Waals surface area (Å²) < 4.78 is 11.0. The van der Waals surface area contributed by atoms with Crippen molar-refractivity contribution in [1.29, 1.82) is 0 Å². The predicted molar refractivity (Wildman–Crippen MR) is 113 cm³/mol. The lowest BCUT2D eigenvalue weighted by molar-refractivity contribution is -0.121. The molecule has 0 bridgehead atoms. The molecule has 7 nitrogen and oxygen atoms in total. The average molecular weight is 418 g/mol. The smallest absolute Gasteiger partial charge is 0.321 e. The largest absolute Gasteiger partial charge is 0.493 e. The molecule has 2 aromatic rings. The second kappa shape index (κ2) is 9.28. The fourth-order valence-corrected chi connectivity index (χ4v) is 4.47. The van der Waals surface area contributed by atoms with Crippen LogP contribution in [0.1, 0.15) is 35.9 Å². The van der Waals surface area contributed by atoms with Crippen LogP contribution in [0, 0.1) is 0 Å². The number of methoxy groups -OCH3 is 2. The Hall–Kier alpha value is -2.58. The molecule has 1 atom stereocenters. The fourth-order valence-electron chi connectivity index (χ4n) is 3.60. The number of carbonyl (C=O) groups excluding carboxylic acids is 2. The van der Waals surface area contributed by atoms with Crippen LogP contribution in [0.25, 0.3) is 0 Å². The highest BCUT2D eigenvalue weighted by atomic mass is 32.1. The maximum absolute atomic E-state index is 12.5. The molecule has 1 aliphatic heterocycles. The van der Waals surface area contributed by atoms with Crippen molar-refractivity contribution < 1.29 is 19.1 Å². The molecule has 29 heavy (non-hydrogen) atoms. The molecule has 3 rings (SSSR count). The van der Waals surface area contributed by atoms with Crippen LogP contribution in [-0.4, -0.2) is 50.2 Å². The summed E-state index contributed by atoms with van der Waals surface area (Å²) in [6.07, 6.45) is 0.781. The zero-order valence-corrected chi connectivity index (χ0v) is 18.0. The molecule has 3 amide bonds. The Morgan fingerprint density at radius 2 is 1.97 bits per heavy atom.